The van der Waals surface area contributed by atoms with E-state index in [1.807, 2.05) is 43.5 Å². The largest absolute Gasteiger partial charge is 0.463 e. The summed E-state index contributed by atoms with van der Waals surface area (Å²) >= 11 is 0. The molecule has 2 N–H and O–H groups in total. The van der Waals surface area contributed by atoms with E-state index < -0.39 is 6.10 Å². The molecule has 2 bridgehead atoms. The molecular formula is C39H41FN6O2. The average Bonchev–Trinajstić information content (AvgIpc) is 3.59. The van der Waals surface area contributed by atoms with Gasteiger partial charge in [-0.05, 0) is 85.9 Å². The molecule has 4 atom stereocenters. The summed E-state index contributed by atoms with van der Waals surface area (Å²) in [6.45, 7) is 6.74. The molecule has 3 unspecified atom stereocenters. The normalized spacial score (nSPS) is 25.5. The number of aliphatic hydroxyl groups excluding tert-OH is 1. The molecule has 0 spiro atoms. The molecule has 5 aliphatic rings. The lowest BCUT2D eigenvalue weighted by molar-refractivity contribution is 0.151. The van der Waals surface area contributed by atoms with Crippen molar-refractivity contribution in [3.05, 3.63) is 87.5 Å². The van der Waals surface area contributed by atoms with E-state index in [1.165, 1.54) is 5.56 Å². The Hall–Kier alpha value is -4.10. The van der Waals surface area contributed by atoms with Crippen LogP contribution in [0.2, 0.25) is 0 Å². The molecule has 3 fully saturated rings. The van der Waals surface area contributed by atoms with Crippen LogP contribution in [0.3, 0.4) is 0 Å². The fourth-order valence-electron chi connectivity index (χ4n) is 8.95. The Balaban J connectivity index is 1.09. The third-order valence-corrected chi connectivity index (χ3v) is 11.4. The number of rotatable bonds is 7. The molecule has 8 nitrogen and oxygen atoms in total. The number of nitrogens with one attached hydrogen (secondary N) is 1. The van der Waals surface area contributed by atoms with Crippen molar-refractivity contribution in [3.8, 4) is 18.4 Å². The van der Waals surface area contributed by atoms with Gasteiger partial charge in [0.15, 0.2) is 5.82 Å². The zero-order valence-corrected chi connectivity index (χ0v) is 27.4. The van der Waals surface area contributed by atoms with E-state index in [9.17, 15) is 5.11 Å². The van der Waals surface area contributed by atoms with Gasteiger partial charge in [-0.15, -0.1) is 6.42 Å². The quantitative estimate of drug-likeness (QED) is 0.272. The van der Waals surface area contributed by atoms with E-state index in [2.05, 4.69) is 32.1 Å². The van der Waals surface area contributed by atoms with Gasteiger partial charge in [0.25, 0.3) is 0 Å². The Morgan fingerprint density at radius 2 is 1.90 bits per heavy atom. The molecule has 4 aromatic rings. The molecule has 3 aliphatic heterocycles. The number of pyridine rings is 1. The van der Waals surface area contributed by atoms with Crippen LogP contribution < -0.4 is 15.0 Å². The van der Waals surface area contributed by atoms with E-state index >= 15 is 4.39 Å². The predicted molar refractivity (Wildman–Crippen MR) is 182 cm³/mol. The van der Waals surface area contributed by atoms with E-state index in [-0.39, 0.29) is 28.7 Å². The summed E-state index contributed by atoms with van der Waals surface area (Å²) < 4.78 is 23.7. The lowest BCUT2D eigenvalue weighted by atomic mass is 9.74. The number of aryl methyl sites for hydroxylation is 1. The Bertz CT molecular complexity index is 1930. The van der Waals surface area contributed by atoms with Crippen LogP contribution in [0.5, 0.6) is 6.01 Å². The molecular weight excluding hydrogens is 603 g/mol. The number of piperazine rings is 1. The number of fused-ring (bicyclic) bond motifs is 5. The van der Waals surface area contributed by atoms with Crippen molar-refractivity contribution in [3.63, 3.8) is 0 Å². The number of terminal acetylenes is 1. The maximum Gasteiger partial charge on any atom is 0.319 e. The minimum absolute atomic E-state index is 0.0270. The summed E-state index contributed by atoms with van der Waals surface area (Å²) in [6, 6.07) is 13.0. The van der Waals surface area contributed by atoms with Crippen LogP contribution >= 0.6 is 0 Å². The van der Waals surface area contributed by atoms with Crippen LogP contribution in [0.15, 0.2) is 42.6 Å². The number of aliphatic hydroxyl groups is 1. The van der Waals surface area contributed by atoms with Crippen LogP contribution in [0.4, 0.5) is 10.2 Å². The van der Waals surface area contributed by atoms with Gasteiger partial charge in [0.2, 0.25) is 0 Å². The summed E-state index contributed by atoms with van der Waals surface area (Å²) in [5, 5.41) is 15.3. The zero-order chi connectivity index (χ0) is 32.6. The van der Waals surface area contributed by atoms with Gasteiger partial charge in [0.1, 0.15) is 11.3 Å². The monoisotopic (exact) mass is 644 g/mol. The van der Waals surface area contributed by atoms with Crippen molar-refractivity contribution in [2.45, 2.75) is 82.6 Å². The summed E-state index contributed by atoms with van der Waals surface area (Å²) in [6.07, 6.45) is 12.5. The van der Waals surface area contributed by atoms with E-state index in [0.29, 0.717) is 42.5 Å². The third kappa shape index (κ3) is 5.22. The summed E-state index contributed by atoms with van der Waals surface area (Å²) in [5.41, 5.74) is 6.77. The van der Waals surface area contributed by atoms with E-state index in [4.69, 9.17) is 21.1 Å². The highest BCUT2D eigenvalue weighted by molar-refractivity contribution is 5.92. The van der Waals surface area contributed by atoms with Crippen LogP contribution in [0.25, 0.3) is 10.9 Å². The number of halogens is 1. The third-order valence-electron chi connectivity index (χ3n) is 11.4. The first-order chi connectivity index (χ1) is 23.4. The van der Waals surface area contributed by atoms with Crippen LogP contribution in [-0.4, -0.2) is 69.4 Å². The zero-order valence-electron chi connectivity index (χ0n) is 27.4. The number of ether oxygens (including phenoxy) is 1. The molecule has 48 heavy (non-hydrogen) atoms. The number of hydrogen-bond acceptors (Lipinski definition) is 8. The lowest BCUT2D eigenvalue weighted by Gasteiger charge is -2.35. The molecule has 0 radical (unpaired) electrons. The average molecular weight is 645 g/mol. The maximum absolute atomic E-state index is 17.2. The predicted octanol–water partition coefficient (Wildman–Crippen LogP) is 5.01. The van der Waals surface area contributed by atoms with Crippen LogP contribution in [0, 0.1) is 30.5 Å². The summed E-state index contributed by atoms with van der Waals surface area (Å²) in [4.78, 5) is 19.2. The van der Waals surface area contributed by atoms with Gasteiger partial charge < -0.3 is 20.1 Å². The topological polar surface area (TPSA) is 86.6 Å². The standard InChI is InChI=1S/C39H41FN6O2/c1-3-24-6-4-7-25-15-29(47)16-30(34(24)25)33-23(2)14-31-36(35(33)40)43-38(44-37(31)46-18-27-9-10-28(19-46)42-27)48-22-39(11-12-39)21-45-17-26-8-5-13-41-32(26)20-45/h1,4-8,13-14,27-30,42,47H,9-12,15-22H2,2H3/t27?,28?,29-,30?/m1/s1. The van der Waals surface area contributed by atoms with Crippen molar-refractivity contribution in [2.75, 3.05) is 31.1 Å². The molecule has 9 rings (SSSR count). The highest BCUT2D eigenvalue weighted by Gasteiger charge is 2.46. The summed E-state index contributed by atoms with van der Waals surface area (Å²) in [7, 11) is 0. The maximum atomic E-state index is 17.2. The van der Waals surface area contributed by atoms with Crippen molar-refractivity contribution in [1.29, 1.82) is 0 Å². The Labute approximate surface area is 280 Å². The number of hydrogen-bond donors (Lipinski definition) is 2. The molecule has 246 valence electrons. The van der Waals surface area contributed by atoms with Crippen molar-refractivity contribution in [2.24, 2.45) is 5.41 Å². The Morgan fingerprint density at radius 3 is 2.67 bits per heavy atom. The van der Waals surface area contributed by atoms with Gasteiger partial charge in [-0.25, -0.2) is 4.39 Å². The van der Waals surface area contributed by atoms with Crippen molar-refractivity contribution >= 4 is 16.7 Å². The highest BCUT2D eigenvalue weighted by Crippen LogP contribution is 2.48. The van der Waals surface area contributed by atoms with Gasteiger partial charge >= 0.3 is 6.01 Å². The molecule has 5 heterocycles. The molecule has 2 aromatic carbocycles. The molecule has 2 aromatic heterocycles. The molecule has 9 heteroatoms. The van der Waals surface area contributed by atoms with E-state index in [1.54, 1.807) is 0 Å². The lowest BCUT2D eigenvalue weighted by Crippen LogP contribution is -2.51. The van der Waals surface area contributed by atoms with Gasteiger partial charge in [0, 0.05) is 78.9 Å². The molecule has 1 saturated carbocycles. The number of anilines is 1. The molecule has 2 aliphatic carbocycles. The first-order valence-electron chi connectivity index (χ1n) is 17.4. The van der Waals surface area contributed by atoms with Gasteiger partial charge in [-0.2, -0.15) is 9.97 Å². The Kier molecular flexibility index (Phi) is 7.19. The second-order valence-corrected chi connectivity index (χ2v) is 14.9. The second kappa shape index (κ2) is 11.5. The fraction of sp³-hybridized carbons (Fsp3) is 0.462. The molecule has 0 amide bonds. The smallest absolute Gasteiger partial charge is 0.319 e. The Morgan fingerprint density at radius 1 is 1.08 bits per heavy atom. The second-order valence-electron chi connectivity index (χ2n) is 14.9. The minimum atomic E-state index is -0.588. The van der Waals surface area contributed by atoms with Crippen molar-refractivity contribution in [1.82, 2.24) is 25.2 Å². The van der Waals surface area contributed by atoms with Crippen LogP contribution in [-0.2, 0) is 19.5 Å². The minimum Gasteiger partial charge on any atom is -0.463 e. The first-order valence-corrected chi connectivity index (χ1v) is 17.4. The number of aromatic nitrogens is 3. The molecule has 2 saturated heterocycles. The van der Waals surface area contributed by atoms with Gasteiger partial charge in [-0.3, -0.25) is 9.88 Å². The van der Waals surface area contributed by atoms with E-state index in [0.717, 1.165) is 92.2 Å². The summed E-state index contributed by atoms with van der Waals surface area (Å²) in [5.74, 6) is 2.80. The number of benzene rings is 2. The SMILES string of the molecule is C#Cc1cccc2c1C(c1c(C)cc3c(N4CC5CCC(C4)N5)nc(OCC4(CN5Cc6cccnc6C5)CC4)nc3c1F)C[C@H](O)C2. The highest BCUT2D eigenvalue weighted by atomic mass is 19.1. The first kappa shape index (κ1) is 30.0. The van der Waals surface area contributed by atoms with Crippen LogP contribution in [0.1, 0.15) is 77.1 Å². The fourth-order valence-corrected chi connectivity index (χ4v) is 8.95. The van der Waals surface area contributed by atoms with Gasteiger partial charge in [-0.1, -0.05) is 24.1 Å². The number of nitrogens with zero attached hydrogens (tertiary/aromatic N) is 5. The van der Waals surface area contributed by atoms with Crippen molar-refractivity contribution < 1.29 is 14.2 Å². The van der Waals surface area contributed by atoms with Gasteiger partial charge in [0.05, 0.1) is 18.4 Å².